The Morgan fingerprint density at radius 1 is 1.54 bits per heavy atom. The standard InChI is InChI=1S/C9H9BrN2O/c10-7-1-5-3-8(13)12-9(5)6(2-7)4-11/h1-2H,3-4,11H2,(H,12,13). The van der Waals surface area contributed by atoms with Crippen molar-refractivity contribution in [2.75, 3.05) is 5.32 Å². The summed E-state index contributed by atoms with van der Waals surface area (Å²) in [6.07, 6.45) is 0.460. The minimum atomic E-state index is 0.0443. The zero-order valence-corrected chi connectivity index (χ0v) is 8.52. The molecule has 0 unspecified atom stereocenters. The number of benzene rings is 1. The van der Waals surface area contributed by atoms with Crippen LogP contribution in [-0.2, 0) is 17.8 Å². The highest BCUT2D eigenvalue weighted by Crippen LogP contribution is 2.30. The number of hydrogen-bond acceptors (Lipinski definition) is 2. The molecule has 1 aliphatic rings. The van der Waals surface area contributed by atoms with E-state index in [0.29, 0.717) is 13.0 Å². The summed E-state index contributed by atoms with van der Waals surface area (Å²) in [5.74, 6) is 0.0443. The molecule has 0 aliphatic carbocycles. The molecule has 0 fully saturated rings. The van der Waals surface area contributed by atoms with E-state index in [1.165, 1.54) is 0 Å². The fourth-order valence-electron chi connectivity index (χ4n) is 1.54. The van der Waals surface area contributed by atoms with Gasteiger partial charge in [-0.3, -0.25) is 4.79 Å². The van der Waals surface area contributed by atoms with Gasteiger partial charge in [-0.05, 0) is 23.3 Å². The van der Waals surface area contributed by atoms with Crippen molar-refractivity contribution in [3.63, 3.8) is 0 Å². The van der Waals surface area contributed by atoms with Crippen LogP contribution in [0, 0.1) is 0 Å². The van der Waals surface area contributed by atoms with E-state index in [9.17, 15) is 4.79 Å². The van der Waals surface area contributed by atoms with Crippen molar-refractivity contribution < 1.29 is 4.79 Å². The summed E-state index contributed by atoms with van der Waals surface area (Å²) < 4.78 is 0.975. The lowest BCUT2D eigenvalue weighted by atomic mass is 10.1. The van der Waals surface area contributed by atoms with Crippen molar-refractivity contribution in [1.29, 1.82) is 0 Å². The van der Waals surface area contributed by atoms with E-state index < -0.39 is 0 Å². The second-order valence-electron chi connectivity index (χ2n) is 3.03. The van der Waals surface area contributed by atoms with Gasteiger partial charge in [-0.2, -0.15) is 0 Å². The topological polar surface area (TPSA) is 55.1 Å². The Balaban J connectivity index is 2.56. The minimum absolute atomic E-state index is 0.0443. The Kier molecular flexibility index (Phi) is 2.09. The highest BCUT2D eigenvalue weighted by Gasteiger charge is 2.20. The van der Waals surface area contributed by atoms with Crippen LogP contribution in [0.15, 0.2) is 16.6 Å². The largest absolute Gasteiger partial charge is 0.326 e. The lowest BCUT2D eigenvalue weighted by Crippen LogP contribution is -2.06. The minimum Gasteiger partial charge on any atom is -0.326 e. The van der Waals surface area contributed by atoms with E-state index >= 15 is 0 Å². The molecule has 0 spiro atoms. The van der Waals surface area contributed by atoms with Crippen LogP contribution in [0.4, 0.5) is 5.69 Å². The monoisotopic (exact) mass is 240 g/mol. The van der Waals surface area contributed by atoms with Gasteiger partial charge in [0.2, 0.25) is 5.91 Å². The normalized spacial score (nSPS) is 14.2. The molecule has 2 rings (SSSR count). The number of nitrogens with one attached hydrogen (secondary N) is 1. The molecule has 13 heavy (non-hydrogen) atoms. The van der Waals surface area contributed by atoms with Gasteiger partial charge in [-0.15, -0.1) is 0 Å². The highest BCUT2D eigenvalue weighted by atomic mass is 79.9. The van der Waals surface area contributed by atoms with Crippen LogP contribution in [0.3, 0.4) is 0 Å². The average Bonchev–Trinajstić information content (AvgIpc) is 2.43. The third-order valence-electron chi connectivity index (χ3n) is 2.10. The molecule has 3 N–H and O–H groups in total. The maximum absolute atomic E-state index is 11.1. The lowest BCUT2D eigenvalue weighted by Gasteiger charge is -2.06. The number of hydrogen-bond donors (Lipinski definition) is 2. The SMILES string of the molecule is NCc1cc(Br)cc2c1NC(=O)C2. The zero-order chi connectivity index (χ0) is 9.42. The van der Waals surface area contributed by atoms with Gasteiger partial charge in [-0.25, -0.2) is 0 Å². The molecule has 0 saturated carbocycles. The predicted molar refractivity (Wildman–Crippen MR) is 54.4 cm³/mol. The Bertz CT molecular complexity index is 376. The van der Waals surface area contributed by atoms with Crippen LogP contribution < -0.4 is 11.1 Å². The van der Waals surface area contributed by atoms with Crippen molar-refractivity contribution in [1.82, 2.24) is 0 Å². The summed E-state index contributed by atoms with van der Waals surface area (Å²) >= 11 is 3.38. The third kappa shape index (κ3) is 1.47. The molecule has 0 atom stereocenters. The molecule has 1 heterocycles. The number of fused-ring (bicyclic) bond motifs is 1. The molecule has 0 radical (unpaired) electrons. The number of carbonyl (C=O) groups is 1. The predicted octanol–water partition coefficient (Wildman–Crippen LogP) is 1.40. The quantitative estimate of drug-likeness (QED) is 0.780. The average molecular weight is 241 g/mol. The Labute approximate surface area is 84.4 Å². The molecular weight excluding hydrogens is 232 g/mol. The lowest BCUT2D eigenvalue weighted by molar-refractivity contribution is -0.115. The van der Waals surface area contributed by atoms with Gasteiger partial charge in [-0.1, -0.05) is 15.9 Å². The van der Waals surface area contributed by atoms with Gasteiger partial charge in [0.15, 0.2) is 0 Å². The van der Waals surface area contributed by atoms with Crippen molar-refractivity contribution in [3.05, 3.63) is 27.7 Å². The number of halogens is 1. The molecule has 1 amide bonds. The smallest absolute Gasteiger partial charge is 0.228 e. The van der Waals surface area contributed by atoms with Crippen LogP contribution in [-0.4, -0.2) is 5.91 Å². The number of amides is 1. The van der Waals surface area contributed by atoms with E-state index in [-0.39, 0.29) is 5.91 Å². The van der Waals surface area contributed by atoms with Gasteiger partial charge in [0.1, 0.15) is 0 Å². The van der Waals surface area contributed by atoms with Gasteiger partial charge >= 0.3 is 0 Å². The first kappa shape index (κ1) is 8.72. The number of carbonyl (C=O) groups excluding carboxylic acids is 1. The second-order valence-corrected chi connectivity index (χ2v) is 3.94. The van der Waals surface area contributed by atoms with E-state index in [0.717, 1.165) is 21.3 Å². The summed E-state index contributed by atoms with van der Waals surface area (Å²) in [6, 6.07) is 3.89. The van der Waals surface area contributed by atoms with Crippen molar-refractivity contribution >= 4 is 27.5 Å². The Hall–Kier alpha value is -0.870. The van der Waals surface area contributed by atoms with Crippen LogP contribution in [0.5, 0.6) is 0 Å². The molecule has 4 heteroatoms. The van der Waals surface area contributed by atoms with Crippen LogP contribution in [0.2, 0.25) is 0 Å². The Morgan fingerprint density at radius 2 is 2.31 bits per heavy atom. The molecule has 3 nitrogen and oxygen atoms in total. The number of nitrogens with two attached hydrogens (primary N) is 1. The summed E-state index contributed by atoms with van der Waals surface area (Å²) in [5.41, 5.74) is 8.47. The molecule has 1 aromatic rings. The third-order valence-corrected chi connectivity index (χ3v) is 2.56. The first-order chi connectivity index (χ1) is 6.20. The highest BCUT2D eigenvalue weighted by molar-refractivity contribution is 9.10. The van der Waals surface area contributed by atoms with Crippen molar-refractivity contribution in [2.45, 2.75) is 13.0 Å². The zero-order valence-electron chi connectivity index (χ0n) is 6.93. The second kappa shape index (κ2) is 3.12. The van der Waals surface area contributed by atoms with Gasteiger partial charge in [0, 0.05) is 16.7 Å². The first-order valence-corrected chi connectivity index (χ1v) is 4.81. The maximum atomic E-state index is 11.1. The number of rotatable bonds is 1. The summed E-state index contributed by atoms with van der Waals surface area (Å²) in [5, 5.41) is 2.80. The maximum Gasteiger partial charge on any atom is 0.228 e. The molecule has 0 saturated heterocycles. The van der Waals surface area contributed by atoms with Crippen LogP contribution in [0.25, 0.3) is 0 Å². The molecule has 0 bridgehead atoms. The Morgan fingerprint density at radius 3 is 3.00 bits per heavy atom. The van der Waals surface area contributed by atoms with Crippen molar-refractivity contribution in [3.8, 4) is 0 Å². The van der Waals surface area contributed by atoms with Gasteiger partial charge in [0.25, 0.3) is 0 Å². The van der Waals surface area contributed by atoms with Crippen LogP contribution >= 0.6 is 15.9 Å². The number of anilines is 1. The molecule has 1 aliphatic heterocycles. The van der Waals surface area contributed by atoms with E-state index in [4.69, 9.17) is 5.73 Å². The molecular formula is C9H9BrN2O. The fraction of sp³-hybridized carbons (Fsp3) is 0.222. The molecule has 1 aromatic carbocycles. The molecule has 0 aromatic heterocycles. The van der Waals surface area contributed by atoms with E-state index in [2.05, 4.69) is 21.2 Å². The summed E-state index contributed by atoms with van der Waals surface area (Å²) in [7, 11) is 0. The van der Waals surface area contributed by atoms with E-state index in [1.54, 1.807) is 0 Å². The first-order valence-electron chi connectivity index (χ1n) is 4.02. The van der Waals surface area contributed by atoms with Gasteiger partial charge in [0.05, 0.1) is 6.42 Å². The van der Waals surface area contributed by atoms with Crippen molar-refractivity contribution in [2.24, 2.45) is 5.73 Å². The summed E-state index contributed by atoms with van der Waals surface area (Å²) in [4.78, 5) is 11.1. The van der Waals surface area contributed by atoms with Gasteiger partial charge < -0.3 is 11.1 Å². The van der Waals surface area contributed by atoms with E-state index in [1.807, 2.05) is 12.1 Å². The summed E-state index contributed by atoms with van der Waals surface area (Å²) in [6.45, 7) is 0.446. The van der Waals surface area contributed by atoms with Crippen LogP contribution in [0.1, 0.15) is 11.1 Å². The molecule has 68 valence electrons. The fourth-order valence-corrected chi connectivity index (χ4v) is 2.10.